The Hall–Kier alpha value is -1.44. The molecule has 0 atom stereocenters. The number of ether oxygens (including phenoxy) is 2. The first-order valence-corrected chi connectivity index (χ1v) is 6.48. The van der Waals surface area contributed by atoms with Crippen molar-refractivity contribution in [1.29, 1.82) is 0 Å². The highest BCUT2D eigenvalue weighted by Gasteiger charge is 2.17. The fourth-order valence-corrected chi connectivity index (χ4v) is 2.70. The van der Waals surface area contributed by atoms with Crippen molar-refractivity contribution in [2.24, 2.45) is 0 Å². The van der Waals surface area contributed by atoms with Gasteiger partial charge in [-0.2, -0.15) is 0 Å². The van der Waals surface area contributed by atoms with Gasteiger partial charge in [-0.1, -0.05) is 37.1 Å². The first-order valence-electron chi connectivity index (χ1n) is 6.48. The normalized spacial score (nSPS) is 20.6. The van der Waals surface area contributed by atoms with Crippen LogP contribution in [-0.4, -0.2) is 13.2 Å². The summed E-state index contributed by atoms with van der Waals surface area (Å²) in [7, 11) is 0. The van der Waals surface area contributed by atoms with Crippen LogP contribution in [0.2, 0.25) is 0 Å². The molecule has 0 saturated heterocycles. The minimum Gasteiger partial charge on any atom is -0.494 e. The Bertz CT molecular complexity index is 399. The number of hydrogen-bond donors (Lipinski definition) is 0. The third kappa shape index (κ3) is 2.31. The topological polar surface area (TPSA) is 18.5 Å². The number of hydrogen-bond acceptors (Lipinski definition) is 2. The van der Waals surface area contributed by atoms with E-state index < -0.39 is 0 Å². The van der Waals surface area contributed by atoms with Gasteiger partial charge >= 0.3 is 0 Å². The average Bonchev–Trinajstić information content (AvgIpc) is 2.94. The highest BCUT2D eigenvalue weighted by molar-refractivity contribution is 5.59. The molecule has 0 unspecified atom stereocenters. The molecule has 3 rings (SSSR count). The van der Waals surface area contributed by atoms with Crippen LogP contribution in [0.25, 0.3) is 5.76 Å². The molecule has 17 heavy (non-hydrogen) atoms. The van der Waals surface area contributed by atoms with Crippen molar-refractivity contribution >= 4 is 5.76 Å². The average molecular weight is 230 g/mol. The molecule has 2 heteroatoms. The van der Waals surface area contributed by atoms with E-state index in [9.17, 15) is 0 Å². The van der Waals surface area contributed by atoms with Crippen molar-refractivity contribution in [3.63, 3.8) is 0 Å². The predicted octanol–water partition coefficient (Wildman–Crippen LogP) is 3.69. The maximum Gasteiger partial charge on any atom is 0.161 e. The second-order valence-corrected chi connectivity index (χ2v) is 4.80. The van der Waals surface area contributed by atoms with Crippen LogP contribution in [0.4, 0.5) is 0 Å². The van der Waals surface area contributed by atoms with Gasteiger partial charge in [-0.15, -0.1) is 0 Å². The zero-order chi connectivity index (χ0) is 11.5. The van der Waals surface area contributed by atoms with Crippen LogP contribution in [0.5, 0.6) is 0 Å². The Morgan fingerprint density at radius 1 is 0.941 bits per heavy atom. The second kappa shape index (κ2) is 4.82. The molecule has 1 saturated carbocycles. The van der Waals surface area contributed by atoms with Gasteiger partial charge in [0.25, 0.3) is 0 Å². The van der Waals surface area contributed by atoms with Gasteiger partial charge < -0.3 is 9.47 Å². The first-order chi connectivity index (χ1) is 8.43. The maximum atomic E-state index is 5.57. The van der Waals surface area contributed by atoms with E-state index in [0.29, 0.717) is 13.2 Å². The summed E-state index contributed by atoms with van der Waals surface area (Å²) in [6, 6.07) is 8.77. The molecule has 0 aromatic heterocycles. The van der Waals surface area contributed by atoms with Crippen molar-refractivity contribution < 1.29 is 9.47 Å². The van der Waals surface area contributed by atoms with Gasteiger partial charge in [0.2, 0.25) is 0 Å². The van der Waals surface area contributed by atoms with Gasteiger partial charge in [-0.3, -0.25) is 0 Å². The summed E-state index contributed by atoms with van der Waals surface area (Å²) >= 11 is 0. The molecule has 0 amide bonds. The maximum absolute atomic E-state index is 5.57. The molecular weight excluding hydrogens is 212 g/mol. The summed E-state index contributed by atoms with van der Waals surface area (Å²) in [6.45, 7) is 1.31. The summed E-state index contributed by atoms with van der Waals surface area (Å²) in [5.74, 6) is 1.63. The van der Waals surface area contributed by atoms with Gasteiger partial charge in [0.1, 0.15) is 19.5 Å². The second-order valence-electron chi connectivity index (χ2n) is 4.80. The summed E-state index contributed by atoms with van der Waals surface area (Å²) in [6.07, 6.45) is 7.18. The molecule has 1 aliphatic carbocycles. The van der Waals surface area contributed by atoms with Crippen molar-refractivity contribution in [2.75, 3.05) is 13.2 Å². The molecule has 1 aromatic rings. The van der Waals surface area contributed by atoms with Crippen LogP contribution in [0.3, 0.4) is 0 Å². The molecule has 1 heterocycles. The van der Waals surface area contributed by atoms with Gasteiger partial charge in [-0.05, 0) is 24.3 Å². The number of rotatable bonds is 2. The van der Waals surface area contributed by atoms with E-state index in [1.807, 2.05) is 0 Å². The molecule has 2 nitrogen and oxygen atoms in total. The van der Waals surface area contributed by atoms with Crippen molar-refractivity contribution in [2.45, 2.75) is 31.6 Å². The van der Waals surface area contributed by atoms with Crippen LogP contribution < -0.4 is 0 Å². The fraction of sp³-hybridized carbons (Fsp3) is 0.467. The van der Waals surface area contributed by atoms with Crippen LogP contribution in [-0.2, 0) is 9.47 Å². The van der Waals surface area contributed by atoms with E-state index in [2.05, 4.69) is 24.3 Å². The van der Waals surface area contributed by atoms with Crippen molar-refractivity contribution in [3.05, 3.63) is 41.7 Å². The van der Waals surface area contributed by atoms with Gasteiger partial charge in [0.15, 0.2) is 5.76 Å². The standard InChI is InChI=1S/C15H18O2/c1-2-4-12(3-1)13-5-7-14(8-6-13)15-11-16-9-10-17-15/h5-8,11-12H,1-4,9-10H2. The van der Waals surface area contributed by atoms with Crippen molar-refractivity contribution in [1.82, 2.24) is 0 Å². The molecular formula is C15H18O2. The van der Waals surface area contributed by atoms with E-state index in [0.717, 1.165) is 17.2 Å². The van der Waals surface area contributed by atoms with Crippen LogP contribution in [0.1, 0.15) is 42.7 Å². The highest BCUT2D eigenvalue weighted by Crippen LogP contribution is 2.34. The minimum absolute atomic E-state index is 0.649. The highest BCUT2D eigenvalue weighted by atomic mass is 16.6. The van der Waals surface area contributed by atoms with E-state index in [1.165, 1.54) is 31.2 Å². The molecule has 0 radical (unpaired) electrons. The van der Waals surface area contributed by atoms with Gasteiger partial charge in [-0.25, -0.2) is 0 Å². The molecule has 90 valence electrons. The van der Waals surface area contributed by atoms with E-state index in [1.54, 1.807) is 6.26 Å². The first kappa shape index (κ1) is 10.7. The summed E-state index contributed by atoms with van der Waals surface area (Å²) in [4.78, 5) is 0. The SMILES string of the molecule is C1=C(c2ccc(C3CCCC3)cc2)OCCO1. The third-order valence-corrected chi connectivity index (χ3v) is 3.67. The van der Waals surface area contributed by atoms with Crippen LogP contribution in [0.15, 0.2) is 30.5 Å². The molecule has 2 aliphatic rings. The fourth-order valence-electron chi connectivity index (χ4n) is 2.70. The lowest BCUT2D eigenvalue weighted by Crippen LogP contribution is -2.07. The monoisotopic (exact) mass is 230 g/mol. The van der Waals surface area contributed by atoms with Crippen LogP contribution in [0, 0.1) is 0 Å². The lowest BCUT2D eigenvalue weighted by molar-refractivity contribution is 0.125. The lowest BCUT2D eigenvalue weighted by atomic mass is 9.96. The summed E-state index contributed by atoms with van der Waals surface area (Å²) in [5.41, 5.74) is 2.59. The van der Waals surface area contributed by atoms with Crippen molar-refractivity contribution in [3.8, 4) is 0 Å². The van der Waals surface area contributed by atoms with Gasteiger partial charge in [0, 0.05) is 5.56 Å². The Morgan fingerprint density at radius 2 is 1.71 bits per heavy atom. The minimum atomic E-state index is 0.649. The quantitative estimate of drug-likeness (QED) is 0.771. The summed E-state index contributed by atoms with van der Waals surface area (Å²) < 4.78 is 10.8. The molecule has 0 bridgehead atoms. The largest absolute Gasteiger partial charge is 0.494 e. The zero-order valence-electron chi connectivity index (χ0n) is 10.0. The zero-order valence-corrected chi connectivity index (χ0v) is 10.0. The van der Waals surface area contributed by atoms with E-state index in [4.69, 9.17) is 9.47 Å². The molecule has 0 N–H and O–H groups in total. The molecule has 0 spiro atoms. The van der Waals surface area contributed by atoms with E-state index >= 15 is 0 Å². The number of benzene rings is 1. The van der Waals surface area contributed by atoms with Gasteiger partial charge in [0.05, 0.1) is 0 Å². The lowest BCUT2D eigenvalue weighted by Gasteiger charge is -2.16. The molecule has 1 aromatic carbocycles. The molecule has 1 fully saturated rings. The third-order valence-electron chi connectivity index (χ3n) is 3.67. The Labute approximate surface area is 102 Å². The van der Waals surface area contributed by atoms with E-state index in [-0.39, 0.29) is 0 Å². The Balaban J connectivity index is 1.77. The Kier molecular flexibility index (Phi) is 3.04. The summed E-state index contributed by atoms with van der Waals surface area (Å²) in [5, 5.41) is 0. The predicted molar refractivity (Wildman–Crippen MR) is 67.5 cm³/mol. The smallest absolute Gasteiger partial charge is 0.161 e. The van der Waals surface area contributed by atoms with Crippen LogP contribution >= 0.6 is 0 Å². The Morgan fingerprint density at radius 3 is 2.35 bits per heavy atom. The molecule has 1 aliphatic heterocycles.